The van der Waals surface area contributed by atoms with E-state index in [1.165, 1.54) is 0 Å². The maximum atomic E-state index is 8.95. The Morgan fingerprint density at radius 1 is 1.22 bits per heavy atom. The summed E-state index contributed by atoms with van der Waals surface area (Å²) in [7, 11) is 0. The van der Waals surface area contributed by atoms with Gasteiger partial charge in [-0.05, 0) is 22.6 Å². The summed E-state index contributed by atoms with van der Waals surface area (Å²) >= 11 is 0. The Bertz CT molecular complexity index is 555. The summed E-state index contributed by atoms with van der Waals surface area (Å²) in [6, 6.07) is 5.50. The molecule has 0 saturated carbocycles. The molecular formula is C11H12N4O3. The maximum Gasteiger partial charge on any atom is 0.163 e. The van der Waals surface area contributed by atoms with Gasteiger partial charge in [0.15, 0.2) is 17.3 Å². The van der Waals surface area contributed by atoms with E-state index in [1.54, 1.807) is 4.68 Å². The van der Waals surface area contributed by atoms with Gasteiger partial charge in [0.1, 0.15) is 13.2 Å². The highest BCUT2D eigenvalue weighted by molar-refractivity contribution is 5.49. The standard InChI is InChI=1S/C11H12N4O3/c16-4-3-11-12-13-14-15(11)8-1-2-9-10(7-8)18-6-5-17-9/h1-2,7,16H,3-6H2. The number of hydrogen-bond acceptors (Lipinski definition) is 6. The van der Waals surface area contributed by atoms with Crippen LogP contribution < -0.4 is 9.47 Å². The summed E-state index contributed by atoms with van der Waals surface area (Å²) in [4.78, 5) is 0. The third kappa shape index (κ3) is 1.88. The molecule has 1 N–H and O–H groups in total. The monoisotopic (exact) mass is 248 g/mol. The number of aromatic nitrogens is 4. The summed E-state index contributed by atoms with van der Waals surface area (Å²) in [5.41, 5.74) is 0.785. The predicted octanol–water partition coefficient (Wildman–Crippen LogP) is -0.0317. The first-order valence-electron chi connectivity index (χ1n) is 5.66. The number of nitrogens with zero attached hydrogens (tertiary/aromatic N) is 4. The molecule has 1 aliphatic heterocycles. The Hall–Kier alpha value is -2.15. The molecule has 18 heavy (non-hydrogen) atoms. The Balaban J connectivity index is 1.98. The summed E-state index contributed by atoms with van der Waals surface area (Å²) in [5, 5.41) is 20.3. The van der Waals surface area contributed by atoms with Crippen molar-refractivity contribution in [3.8, 4) is 17.2 Å². The molecule has 0 saturated heterocycles. The van der Waals surface area contributed by atoms with E-state index in [0.717, 1.165) is 11.4 Å². The zero-order chi connectivity index (χ0) is 12.4. The van der Waals surface area contributed by atoms with Gasteiger partial charge in [-0.3, -0.25) is 0 Å². The van der Waals surface area contributed by atoms with E-state index in [9.17, 15) is 0 Å². The number of fused-ring (bicyclic) bond motifs is 1. The minimum atomic E-state index is 0.00489. The third-order valence-corrected chi connectivity index (χ3v) is 2.64. The Labute approximate surface area is 103 Å². The molecule has 2 aromatic rings. The van der Waals surface area contributed by atoms with Gasteiger partial charge in [0.2, 0.25) is 0 Å². The fourth-order valence-corrected chi connectivity index (χ4v) is 1.83. The van der Waals surface area contributed by atoms with Gasteiger partial charge in [-0.15, -0.1) is 5.10 Å². The first-order chi connectivity index (χ1) is 8.88. The van der Waals surface area contributed by atoms with Crippen molar-refractivity contribution in [2.75, 3.05) is 19.8 Å². The number of rotatable bonds is 3. The van der Waals surface area contributed by atoms with Crippen LogP contribution in [0.1, 0.15) is 5.82 Å². The average molecular weight is 248 g/mol. The lowest BCUT2D eigenvalue weighted by Gasteiger charge is -2.18. The lowest BCUT2D eigenvalue weighted by Crippen LogP contribution is -2.15. The maximum absolute atomic E-state index is 8.95. The van der Waals surface area contributed by atoms with Crippen molar-refractivity contribution in [3.63, 3.8) is 0 Å². The molecule has 0 fully saturated rings. The summed E-state index contributed by atoms with van der Waals surface area (Å²) < 4.78 is 12.5. The van der Waals surface area contributed by atoms with Crippen LogP contribution in [-0.2, 0) is 6.42 Å². The molecule has 0 spiro atoms. The van der Waals surface area contributed by atoms with Crippen LogP contribution in [0.3, 0.4) is 0 Å². The zero-order valence-corrected chi connectivity index (χ0v) is 9.61. The van der Waals surface area contributed by atoms with E-state index in [1.807, 2.05) is 18.2 Å². The molecule has 3 rings (SSSR count). The normalized spacial score (nSPS) is 13.6. The first-order valence-corrected chi connectivity index (χ1v) is 5.66. The van der Waals surface area contributed by atoms with Crippen LogP contribution in [0.25, 0.3) is 5.69 Å². The molecule has 1 aromatic heterocycles. The molecule has 0 atom stereocenters. The second-order valence-corrected chi connectivity index (χ2v) is 3.81. The second-order valence-electron chi connectivity index (χ2n) is 3.81. The summed E-state index contributed by atoms with van der Waals surface area (Å²) in [6.45, 7) is 1.10. The minimum absolute atomic E-state index is 0.00489. The van der Waals surface area contributed by atoms with Gasteiger partial charge in [-0.1, -0.05) is 0 Å². The van der Waals surface area contributed by atoms with Gasteiger partial charge in [-0.2, -0.15) is 4.68 Å². The Kier molecular flexibility index (Phi) is 2.81. The van der Waals surface area contributed by atoms with E-state index in [-0.39, 0.29) is 6.61 Å². The number of benzene rings is 1. The fraction of sp³-hybridized carbons (Fsp3) is 0.364. The molecule has 7 nitrogen and oxygen atoms in total. The first kappa shape index (κ1) is 11.0. The smallest absolute Gasteiger partial charge is 0.163 e. The SMILES string of the molecule is OCCc1nnnn1-c1ccc2c(c1)OCCO2. The molecular weight excluding hydrogens is 236 g/mol. The van der Waals surface area contributed by atoms with Crippen LogP contribution >= 0.6 is 0 Å². The van der Waals surface area contributed by atoms with E-state index < -0.39 is 0 Å². The molecule has 0 amide bonds. The quantitative estimate of drug-likeness (QED) is 0.821. The number of hydrogen-bond donors (Lipinski definition) is 1. The molecule has 0 radical (unpaired) electrons. The van der Waals surface area contributed by atoms with Gasteiger partial charge in [-0.25, -0.2) is 0 Å². The minimum Gasteiger partial charge on any atom is -0.486 e. The van der Waals surface area contributed by atoms with Crippen molar-refractivity contribution >= 4 is 0 Å². The van der Waals surface area contributed by atoms with Crippen molar-refractivity contribution in [1.29, 1.82) is 0 Å². The van der Waals surface area contributed by atoms with E-state index >= 15 is 0 Å². The van der Waals surface area contributed by atoms with Crippen LogP contribution in [0.4, 0.5) is 0 Å². The van der Waals surface area contributed by atoms with Gasteiger partial charge in [0.05, 0.1) is 12.3 Å². The van der Waals surface area contributed by atoms with Crippen LogP contribution in [0, 0.1) is 0 Å². The number of aliphatic hydroxyl groups is 1. The lowest BCUT2D eigenvalue weighted by molar-refractivity contribution is 0.171. The molecule has 1 aromatic carbocycles. The summed E-state index contributed by atoms with van der Waals surface area (Å²) in [5.74, 6) is 2.01. The number of tetrazole rings is 1. The highest BCUT2D eigenvalue weighted by Crippen LogP contribution is 2.31. The molecule has 0 unspecified atom stereocenters. The lowest BCUT2D eigenvalue weighted by atomic mass is 10.2. The van der Waals surface area contributed by atoms with Gasteiger partial charge >= 0.3 is 0 Å². The predicted molar refractivity (Wildman–Crippen MR) is 60.9 cm³/mol. The van der Waals surface area contributed by atoms with Gasteiger partial charge in [0, 0.05) is 12.5 Å². The van der Waals surface area contributed by atoms with Crippen molar-refractivity contribution in [3.05, 3.63) is 24.0 Å². The van der Waals surface area contributed by atoms with Crippen molar-refractivity contribution in [2.45, 2.75) is 6.42 Å². The molecule has 0 aliphatic carbocycles. The topological polar surface area (TPSA) is 82.3 Å². The molecule has 94 valence electrons. The molecule has 7 heteroatoms. The Morgan fingerprint density at radius 3 is 2.89 bits per heavy atom. The van der Waals surface area contributed by atoms with Crippen LogP contribution in [0.2, 0.25) is 0 Å². The summed E-state index contributed by atoms with van der Waals surface area (Å²) in [6.07, 6.45) is 0.404. The fourth-order valence-electron chi connectivity index (χ4n) is 1.83. The van der Waals surface area contributed by atoms with Crippen LogP contribution in [0.5, 0.6) is 11.5 Å². The number of ether oxygens (including phenoxy) is 2. The molecule has 1 aliphatic rings. The third-order valence-electron chi connectivity index (χ3n) is 2.64. The molecule has 0 bridgehead atoms. The average Bonchev–Trinajstić information content (AvgIpc) is 2.87. The van der Waals surface area contributed by atoms with E-state index in [2.05, 4.69) is 15.5 Å². The van der Waals surface area contributed by atoms with Crippen molar-refractivity contribution in [2.24, 2.45) is 0 Å². The van der Waals surface area contributed by atoms with Gasteiger partial charge < -0.3 is 14.6 Å². The molecule has 2 heterocycles. The van der Waals surface area contributed by atoms with Crippen molar-refractivity contribution in [1.82, 2.24) is 20.2 Å². The van der Waals surface area contributed by atoms with Crippen molar-refractivity contribution < 1.29 is 14.6 Å². The Morgan fingerprint density at radius 2 is 2.06 bits per heavy atom. The van der Waals surface area contributed by atoms with Gasteiger partial charge in [0.25, 0.3) is 0 Å². The second kappa shape index (κ2) is 4.61. The van der Waals surface area contributed by atoms with Crippen LogP contribution in [-0.4, -0.2) is 45.1 Å². The highest BCUT2D eigenvalue weighted by atomic mass is 16.6. The highest BCUT2D eigenvalue weighted by Gasteiger charge is 2.14. The zero-order valence-electron chi connectivity index (χ0n) is 9.61. The van der Waals surface area contributed by atoms with Crippen LogP contribution in [0.15, 0.2) is 18.2 Å². The van der Waals surface area contributed by atoms with E-state index in [0.29, 0.717) is 31.2 Å². The number of aliphatic hydroxyl groups excluding tert-OH is 1. The van der Waals surface area contributed by atoms with E-state index in [4.69, 9.17) is 14.6 Å². The largest absolute Gasteiger partial charge is 0.486 e.